The first-order valence-electron chi connectivity index (χ1n) is 4.24. The van der Waals surface area contributed by atoms with Crippen LogP contribution in [0, 0.1) is 11.6 Å². The maximum Gasteiger partial charge on any atom is 0.218 e. The number of hydrogen-bond acceptors (Lipinski definition) is 1. The summed E-state index contributed by atoms with van der Waals surface area (Å²) in [7, 11) is 0. The van der Waals surface area contributed by atoms with E-state index in [4.69, 9.17) is 5.73 Å². The lowest BCUT2D eigenvalue weighted by atomic mass is 9.97. The molecule has 1 rings (SSSR count). The zero-order valence-electron chi connectivity index (χ0n) is 7.76. The fourth-order valence-corrected chi connectivity index (χ4v) is 1.30. The Hall–Kier alpha value is -1.45. The van der Waals surface area contributed by atoms with Crippen LogP contribution in [-0.4, -0.2) is 5.91 Å². The zero-order chi connectivity index (χ0) is 10.7. The largest absolute Gasteiger partial charge is 0.370 e. The lowest BCUT2D eigenvalue weighted by molar-refractivity contribution is -0.118. The molecule has 0 saturated carbocycles. The highest BCUT2D eigenvalue weighted by Gasteiger charge is 2.13. The predicted molar refractivity (Wildman–Crippen MR) is 48.6 cm³/mol. The van der Waals surface area contributed by atoms with Gasteiger partial charge in [-0.05, 0) is 29.7 Å². The van der Waals surface area contributed by atoms with Crippen molar-refractivity contribution in [3.63, 3.8) is 0 Å². The molecule has 1 amide bonds. The third-order valence-corrected chi connectivity index (χ3v) is 2.00. The number of hydrogen-bond donors (Lipinski definition) is 1. The summed E-state index contributed by atoms with van der Waals surface area (Å²) in [6, 6.07) is 3.17. The van der Waals surface area contributed by atoms with Crippen molar-refractivity contribution in [3.8, 4) is 0 Å². The minimum absolute atomic E-state index is 0.0143. The molecular formula is C10H11F2NO. The number of benzene rings is 1. The van der Waals surface area contributed by atoms with E-state index in [1.54, 1.807) is 6.92 Å². The average Bonchev–Trinajstić information content (AvgIpc) is 2.08. The Morgan fingerprint density at radius 2 is 2.14 bits per heavy atom. The summed E-state index contributed by atoms with van der Waals surface area (Å²) in [5.74, 6) is -1.96. The smallest absolute Gasteiger partial charge is 0.218 e. The SMILES string of the molecule is CC(CC(N)=O)c1cc(F)ccc1F. The maximum absolute atomic E-state index is 13.2. The topological polar surface area (TPSA) is 43.1 Å². The molecule has 0 aromatic heterocycles. The second kappa shape index (κ2) is 4.17. The minimum atomic E-state index is -0.527. The van der Waals surface area contributed by atoms with E-state index in [2.05, 4.69) is 0 Å². The molecule has 2 N–H and O–H groups in total. The van der Waals surface area contributed by atoms with E-state index in [-0.39, 0.29) is 12.0 Å². The molecule has 0 radical (unpaired) electrons. The summed E-state index contributed by atoms with van der Waals surface area (Å²) in [6.45, 7) is 1.63. The van der Waals surface area contributed by atoms with Crippen LogP contribution < -0.4 is 5.73 Å². The first-order chi connectivity index (χ1) is 6.50. The number of carbonyl (C=O) groups excluding carboxylic acids is 1. The van der Waals surface area contributed by atoms with E-state index in [0.29, 0.717) is 0 Å². The first-order valence-corrected chi connectivity index (χ1v) is 4.24. The van der Waals surface area contributed by atoms with Crippen molar-refractivity contribution in [1.29, 1.82) is 0 Å². The molecular weight excluding hydrogens is 188 g/mol. The summed E-state index contributed by atoms with van der Waals surface area (Å²) in [4.78, 5) is 10.6. The molecule has 14 heavy (non-hydrogen) atoms. The fraction of sp³-hybridized carbons (Fsp3) is 0.300. The van der Waals surface area contributed by atoms with Crippen molar-refractivity contribution >= 4 is 5.91 Å². The molecule has 4 heteroatoms. The van der Waals surface area contributed by atoms with Gasteiger partial charge in [0, 0.05) is 6.42 Å². The van der Waals surface area contributed by atoms with Gasteiger partial charge < -0.3 is 5.73 Å². The van der Waals surface area contributed by atoms with Crippen LogP contribution in [-0.2, 0) is 4.79 Å². The summed E-state index contributed by atoms with van der Waals surface area (Å²) < 4.78 is 25.9. The molecule has 1 aromatic rings. The highest BCUT2D eigenvalue weighted by atomic mass is 19.1. The number of carbonyl (C=O) groups is 1. The van der Waals surface area contributed by atoms with Crippen molar-refractivity contribution in [2.75, 3.05) is 0 Å². The highest BCUT2D eigenvalue weighted by molar-refractivity contribution is 5.74. The van der Waals surface area contributed by atoms with Crippen molar-refractivity contribution in [2.24, 2.45) is 5.73 Å². The number of primary amides is 1. The van der Waals surface area contributed by atoms with Crippen molar-refractivity contribution in [2.45, 2.75) is 19.3 Å². The molecule has 0 spiro atoms. The average molecular weight is 199 g/mol. The van der Waals surface area contributed by atoms with Gasteiger partial charge >= 0.3 is 0 Å². The van der Waals surface area contributed by atoms with Crippen LogP contribution in [0.2, 0.25) is 0 Å². The molecule has 0 bridgehead atoms. The molecule has 2 nitrogen and oxygen atoms in total. The van der Waals surface area contributed by atoms with Crippen molar-refractivity contribution in [1.82, 2.24) is 0 Å². The Morgan fingerprint density at radius 1 is 1.50 bits per heavy atom. The van der Waals surface area contributed by atoms with Crippen LogP contribution >= 0.6 is 0 Å². The highest BCUT2D eigenvalue weighted by Crippen LogP contribution is 2.22. The molecule has 0 saturated heterocycles. The van der Waals surface area contributed by atoms with E-state index < -0.39 is 23.5 Å². The third kappa shape index (κ3) is 2.52. The third-order valence-electron chi connectivity index (χ3n) is 2.00. The molecule has 0 aliphatic rings. The molecule has 1 atom stereocenters. The van der Waals surface area contributed by atoms with Crippen LogP contribution in [0.5, 0.6) is 0 Å². The Morgan fingerprint density at radius 3 is 2.71 bits per heavy atom. The molecule has 76 valence electrons. The van der Waals surface area contributed by atoms with E-state index in [9.17, 15) is 13.6 Å². The zero-order valence-corrected chi connectivity index (χ0v) is 7.76. The van der Waals surface area contributed by atoms with E-state index >= 15 is 0 Å². The molecule has 0 aliphatic carbocycles. The van der Waals surface area contributed by atoms with Crippen LogP contribution in [0.15, 0.2) is 18.2 Å². The molecule has 1 unspecified atom stereocenters. The number of rotatable bonds is 3. The molecule has 1 aromatic carbocycles. The number of amides is 1. The van der Waals surface area contributed by atoms with Gasteiger partial charge in [0.15, 0.2) is 0 Å². The maximum atomic E-state index is 13.2. The van der Waals surface area contributed by atoms with Gasteiger partial charge in [-0.2, -0.15) is 0 Å². The van der Waals surface area contributed by atoms with Gasteiger partial charge in [-0.25, -0.2) is 8.78 Å². The lowest BCUT2D eigenvalue weighted by Gasteiger charge is -2.10. The first kappa shape index (κ1) is 10.6. The predicted octanol–water partition coefficient (Wildman–Crippen LogP) is 1.94. The molecule has 0 heterocycles. The minimum Gasteiger partial charge on any atom is -0.370 e. The van der Waals surface area contributed by atoms with Gasteiger partial charge in [0.1, 0.15) is 11.6 Å². The van der Waals surface area contributed by atoms with Crippen molar-refractivity contribution in [3.05, 3.63) is 35.4 Å². The second-order valence-electron chi connectivity index (χ2n) is 3.24. The normalized spacial score (nSPS) is 12.5. The fourth-order valence-electron chi connectivity index (χ4n) is 1.30. The molecule has 0 aliphatic heterocycles. The second-order valence-corrected chi connectivity index (χ2v) is 3.24. The van der Waals surface area contributed by atoms with Crippen LogP contribution in [0.3, 0.4) is 0 Å². The summed E-state index contributed by atoms with van der Waals surface area (Å²) in [5, 5.41) is 0. The summed E-state index contributed by atoms with van der Waals surface area (Å²) in [6.07, 6.45) is 0.0143. The van der Waals surface area contributed by atoms with Gasteiger partial charge in [-0.1, -0.05) is 6.92 Å². The quantitative estimate of drug-likeness (QED) is 0.794. The van der Waals surface area contributed by atoms with Gasteiger partial charge in [0.05, 0.1) is 0 Å². The molecule has 0 fully saturated rings. The van der Waals surface area contributed by atoms with Gasteiger partial charge in [0.25, 0.3) is 0 Å². The van der Waals surface area contributed by atoms with E-state index in [0.717, 1.165) is 18.2 Å². The lowest BCUT2D eigenvalue weighted by Crippen LogP contribution is -2.14. The Labute approximate surface area is 80.7 Å². The van der Waals surface area contributed by atoms with Crippen molar-refractivity contribution < 1.29 is 13.6 Å². The standard InChI is InChI=1S/C10H11F2NO/c1-6(4-10(13)14)8-5-7(11)2-3-9(8)12/h2-3,5-6H,4H2,1H3,(H2,13,14). The van der Waals surface area contributed by atoms with Gasteiger partial charge in [-0.3, -0.25) is 4.79 Å². The Bertz CT molecular complexity index is 352. The number of nitrogens with two attached hydrogens (primary N) is 1. The van der Waals surface area contributed by atoms with E-state index in [1.165, 1.54) is 0 Å². The van der Waals surface area contributed by atoms with E-state index in [1.807, 2.05) is 0 Å². The van der Waals surface area contributed by atoms with Gasteiger partial charge in [0.2, 0.25) is 5.91 Å². The van der Waals surface area contributed by atoms with Crippen LogP contribution in [0.4, 0.5) is 8.78 Å². The monoisotopic (exact) mass is 199 g/mol. The Kier molecular flexibility index (Phi) is 3.17. The Balaban J connectivity index is 2.93. The summed E-state index contributed by atoms with van der Waals surface area (Å²) in [5.41, 5.74) is 5.15. The summed E-state index contributed by atoms with van der Waals surface area (Å²) >= 11 is 0. The van der Waals surface area contributed by atoms with Gasteiger partial charge in [-0.15, -0.1) is 0 Å². The number of halogens is 2. The van der Waals surface area contributed by atoms with Crippen LogP contribution in [0.1, 0.15) is 24.8 Å². The van der Waals surface area contributed by atoms with Crippen LogP contribution in [0.25, 0.3) is 0 Å².